The van der Waals surface area contributed by atoms with Crippen LogP contribution >= 0.6 is 0 Å². The van der Waals surface area contributed by atoms with Crippen LogP contribution in [-0.2, 0) is 9.59 Å². The van der Waals surface area contributed by atoms with Gasteiger partial charge in [0.05, 0.1) is 12.6 Å². The molecule has 2 amide bonds. The van der Waals surface area contributed by atoms with Crippen molar-refractivity contribution in [1.82, 2.24) is 9.80 Å². The number of likely N-dealkylation sites (tertiary alicyclic amines) is 1. The number of hydrogen-bond donors (Lipinski definition) is 0. The lowest BCUT2D eigenvalue weighted by Crippen LogP contribution is -2.46. The van der Waals surface area contributed by atoms with Crippen LogP contribution in [0.3, 0.4) is 0 Å². The largest absolute Gasteiger partial charge is 0.341 e. The Morgan fingerprint density at radius 3 is 2.19 bits per heavy atom. The van der Waals surface area contributed by atoms with Gasteiger partial charge in [0.1, 0.15) is 5.41 Å². The van der Waals surface area contributed by atoms with Crippen LogP contribution in [0.2, 0.25) is 0 Å². The minimum absolute atomic E-state index is 0.00469. The maximum Gasteiger partial charge on any atom is 0.243 e. The Morgan fingerprint density at radius 2 is 1.67 bits per heavy atom. The zero-order valence-corrected chi connectivity index (χ0v) is 12.9. The fourth-order valence-corrected chi connectivity index (χ4v) is 3.41. The topological polar surface area (TPSA) is 64.4 Å². The highest BCUT2D eigenvalue weighted by atomic mass is 16.2. The first-order valence-corrected chi connectivity index (χ1v) is 8.04. The molecule has 1 saturated carbocycles. The molecule has 0 radical (unpaired) electrons. The second-order valence-corrected chi connectivity index (χ2v) is 6.36. The molecule has 0 aromatic carbocycles. The van der Waals surface area contributed by atoms with Crippen LogP contribution in [0.5, 0.6) is 0 Å². The van der Waals surface area contributed by atoms with Crippen molar-refractivity contribution in [2.75, 3.05) is 26.7 Å². The van der Waals surface area contributed by atoms with E-state index < -0.39 is 5.41 Å². The SMILES string of the molecule is CN(CC(=O)N1CCCC1)C(=O)C1(C#N)CCCCCC1. The van der Waals surface area contributed by atoms with E-state index >= 15 is 0 Å². The molecule has 0 spiro atoms. The fraction of sp³-hybridized carbons (Fsp3) is 0.812. The minimum atomic E-state index is -0.906. The minimum Gasteiger partial charge on any atom is -0.341 e. The molecule has 21 heavy (non-hydrogen) atoms. The van der Waals surface area contributed by atoms with Gasteiger partial charge in [0.15, 0.2) is 0 Å². The summed E-state index contributed by atoms with van der Waals surface area (Å²) in [6.45, 7) is 1.69. The number of carbonyl (C=O) groups is 2. The van der Waals surface area contributed by atoms with Crippen LogP contribution < -0.4 is 0 Å². The molecule has 1 saturated heterocycles. The van der Waals surface area contributed by atoms with Crippen molar-refractivity contribution in [3.8, 4) is 6.07 Å². The van der Waals surface area contributed by atoms with E-state index in [2.05, 4.69) is 6.07 Å². The molecule has 0 bridgehead atoms. The van der Waals surface area contributed by atoms with E-state index in [4.69, 9.17) is 0 Å². The molecule has 2 aliphatic rings. The maximum atomic E-state index is 12.7. The Morgan fingerprint density at radius 1 is 1.10 bits per heavy atom. The standard InChI is InChI=1S/C16H25N3O2/c1-18(12-14(20)19-10-6-7-11-19)15(21)16(13-17)8-4-2-3-5-9-16/h2-12H2,1H3. The molecule has 0 atom stereocenters. The zero-order valence-electron chi connectivity index (χ0n) is 12.9. The Hall–Kier alpha value is -1.57. The first-order chi connectivity index (χ1) is 10.1. The van der Waals surface area contributed by atoms with Gasteiger partial charge in [0.2, 0.25) is 11.8 Å². The summed E-state index contributed by atoms with van der Waals surface area (Å²) in [7, 11) is 1.65. The van der Waals surface area contributed by atoms with Crippen LogP contribution in [-0.4, -0.2) is 48.3 Å². The van der Waals surface area contributed by atoms with Gasteiger partial charge in [-0.1, -0.05) is 25.7 Å². The zero-order chi connectivity index (χ0) is 15.3. The summed E-state index contributed by atoms with van der Waals surface area (Å²) in [5.41, 5.74) is -0.906. The van der Waals surface area contributed by atoms with Gasteiger partial charge in [-0.25, -0.2) is 0 Å². The molecular formula is C16H25N3O2. The van der Waals surface area contributed by atoms with E-state index in [0.29, 0.717) is 12.8 Å². The number of likely N-dealkylation sites (N-methyl/N-ethyl adjacent to an activating group) is 1. The van der Waals surface area contributed by atoms with Crippen LogP contribution in [0.1, 0.15) is 51.4 Å². The van der Waals surface area contributed by atoms with Crippen molar-refractivity contribution < 1.29 is 9.59 Å². The third-order valence-corrected chi connectivity index (χ3v) is 4.76. The summed E-state index contributed by atoms with van der Waals surface area (Å²) in [6.07, 6.45) is 7.38. The van der Waals surface area contributed by atoms with Gasteiger partial charge < -0.3 is 9.80 Å². The average molecular weight is 291 g/mol. The number of hydrogen-bond acceptors (Lipinski definition) is 3. The molecule has 1 aliphatic carbocycles. The summed E-state index contributed by atoms with van der Waals surface area (Å²) in [5, 5.41) is 9.54. The predicted octanol–water partition coefficient (Wildman–Crippen LogP) is 1.93. The maximum absolute atomic E-state index is 12.7. The Labute approximate surface area is 126 Å². The van der Waals surface area contributed by atoms with E-state index in [9.17, 15) is 14.9 Å². The fourth-order valence-electron chi connectivity index (χ4n) is 3.41. The van der Waals surface area contributed by atoms with Gasteiger partial charge in [0.25, 0.3) is 0 Å². The van der Waals surface area contributed by atoms with Crippen LogP contribution in [0.15, 0.2) is 0 Å². The van der Waals surface area contributed by atoms with E-state index in [-0.39, 0.29) is 18.4 Å². The van der Waals surface area contributed by atoms with E-state index in [0.717, 1.165) is 51.6 Å². The van der Waals surface area contributed by atoms with Gasteiger partial charge in [0, 0.05) is 20.1 Å². The quantitative estimate of drug-likeness (QED) is 0.746. The number of amides is 2. The Kier molecular flexibility index (Phi) is 5.22. The highest BCUT2D eigenvalue weighted by Gasteiger charge is 2.41. The second-order valence-electron chi connectivity index (χ2n) is 6.36. The van der Waals surface area contributed by atoms with Crippen molar-refractivity contribution >= 4 is 11.8 Å². The van der Waals surface area contributed by atoms with E-state index in [1.54, 1.807) is 7.05 Å². The predicted molar refractivity (Wildman–Crippen MR) is 79.2 cm³/mol. The first kappa shape index (κ1) is 15.8. The summed E-state index contributed by atoms with van der Waals surface area (Å²) in [4.78, 5) is 28.1. The Balaban J connectivity index is 1.99. The van der Waals surface area contributed by atoms with Gasteiger partial charge in [-0.2, -0.15) is 5.26 Å². The third kappa shape index (κ3) is 3.55. The molecule has 116 valence electrons. The third-order valence-electron chi connectivity index (χ3n) is 4.76. The number of rotatable bonds is 3. The van der Waals surface area contributed by atoms with Gasteiger partial charge in [-0.05, 0) is 25.7 Å². The first-order valence-electron chi connectivity index (χ1n) is 8.04. The van der Waals surface area contributed by atoms with Crippen LogP contribution in [0.4, 0.5) is 0 Å². The number of nitrogens with zero attached hydrogens (tertiary/aromatic N) is 3. The lowest BCUT2D eigenvalue weighted by Gasteiger charge is -2.30. The van der Waals surface area contributed by atoms with Crippen molar-refractivity contribution in [2.45, 2.75) is 51.4 Å². The molecule has 5 heteroatoms. The number of carbonyl (C=O) groups excluding carboxylic acids is 2. The Bertz CT molecular complexity index is 427. The summed E-state index contributed by atoms with van der Waals surface area (Å²) in [6, 6.07) is 2.26. The lowest BCUT2D eigenvalue weighted by molar-refractivity contribution is -0.144. The summed E-state index contributed by atoms with van der Waals surface area (Å²) in [5.74, 6) is -0.162. The molecule has 0 unspecified atom stereocenters. The molecule has 2 fully saturated rings. The molecule has 2 rings (SSSR count). The van der Waals surface area contributed by atoms with E-state index in [1.165, 1.54) is 4.90 Å². The van der Waals surface area contributed by atoms with Gasteiger partial charge >= 0.3 is 0 Å². The monoisotopic (exact) mass is 291 g/mol. The smallest absolute Gasteiger partial charge is 0.243 e. The molecule has 1 aliphatic heterocycles. The van der Waals surface area contributed by atoms with Gasteiger partial charge in [-0.15, -0.1) is 0 Å². The molecule has 0 N–H and O–H groups in total. The molecule has 0 aromatic rings. The van der Waals surface area contributed by atoms with E-state index in [1.807, 2.05) is 4.90 Å². The van der Waals surface area contributed by atoms with Crippen LogP contribution in [0.25, 0.3) is 0 Å². The molecule has 0 aromatic heterocycles. The average Bonchev–Trinajstić information content (AvgIpc) is 2.92. The highest BCUT2D eigenvalue weighted by Crippen LogP contribution is 2.36. The highest BCUT2D eigenvalue weighted by molar-refractivity contribution is 5.89. The summed E-state index contributed by atoms with van der Waals surface area (Å²) < 4.78 is 0. The number of nitriles is 1. The van der Waals surface area contributed by atoms with Crippen LogP contribution in [0, 0.1) is 16.7 Å². The summed E-state index contributed by atoms with van der Waals surface area (Å²) >= 11 is 0. The van der Waals surface area contributed by atoms with Gasteiger partial charge in [-0.3, -0.25) is 9.59 Å². The van der Waals surface area contributed by atoms with Crippen molar-refractivity contribution in [2.24, 2.45) is 5.41 Å². The molecule has 5 nitrogen and oxygen atoms in total. The molecular weight excluding hydrogens is 266 g/mol. The second kappa shape index (κ2) is 6.93. The van der Waals surface area contributed by atoms with Crippen molar-refractivity contribution in [1.29, 1.82) is 5.26 Å². The molecule has 1 heterocycles. The van der Waals surface area contributed by atoms with Crippen molar-refractivity contribution in [3.05, 3.63) is 0 Å². The van der Waals surface area contributed by atoms with Crippen molar-refractivity contribution in [3.63, 3.8) is 0 Å². The normalized spacial score (nSPS) is 21.4. The lowest BCUT2D eigenvalue weighted by atomic mass is 9.80.